The zero-order valence-corrected chi connectivity index (χ0v) is 16.3. The second kappa shape index (κ2) is 7.10. The molecule has 4 rings (SSSR count). The van der Waals surface area contributed by atoms with Gasteiger partial charge in [-0.05, 0) is 36.7 Å². The first-order valence-corrected chi connectivity index (χ1v) is 9.48. The van der Waals surface area contributed by atoms with Crippen LogP contribution < -0.4 is 15.0 Å². The van der Waals surface area contributed by atoms with Crippen molar-refractivity contribution in [3.63, 3.8) is 0 Å². The van der Waals surface area contributed by atoms with Gasteiger partial charge in [-0.25, -0.2) is 4.98 Å². The molecule has 2 saturated heterocycles. The fraction of sp³-hybridized carbons (Fsp3) is 0.444. The van der Waals surface area contributed by atoms with E-state index < -0.39 is 0 Å². The molecule has 1 aromatic carbocycles. The zero-order chi connectivity index (χ0) is 18.3. The van der Waals surface area contributed by atoms with E-state index in [1.54, 1.807) is 7.11 Å². The van der Waals surface area contributed by atoms with Gasteiger partial charge in [0.05, 0.1) is 19.0 Å². The van der Waals surface area contributed by atoms with Crippen molar-refractivity contribution in [2.24, 2.45) is 0 Å². The van der Waals surface area contributed by atoms with Crippen LogP contribution in [0, 0.1) is 0 Å². The highest BCUT2D eigenvalue weighted by atomic mass is 35.5. The molecule has 6 nitrogen and oxygen atoms in total. The van der Waals surface area contributed by atoms with E-state index in [0.29, 0.717) is 22.9 Å². The van der Waals surface area contributed by atoms with E-state index in [4.69, 9.17) is 27.9 Å². The van der Waals surface area contributed by atoms with E-state index >= 15 is 0 Å². The molecule has 0 saturated carbocycles. The Morgan fingerprint density at radius 2 is 2.12 bits per heavy atom. The molecule has 3 heterocycles. The minimum atomic E-state index is 0.140. The first-order chi connectivity index (χ1) is 12.6. The van der Waals surface area contributed by atoms with Crippen LogP contribution in [0.25, 0.3) is 0 Å². The predicted molar refractivity (Wildman–Crippen MR) is 105 cm³/mol. The third-order valence-corrected chi connectivity index (χ3v) is 5.70. The maximum Gasteiger partial charge on any atom is 0.224 e. The van der Waals surface area contributed by atoms with E-state index in [-0.39, 0.29) is 5.28 Å². The molecule has 2 fully saturated rings. The number of halogens is 2. The number of nitrogens with one attached hydrogen (secondary N) is 1. The smallest absolute Gasteiger partial charge is 0.224 e. The van der Waals surface area contributed by atoms with E-state index in [9.17, 15) is 0 Å². The third-order valence-electron chi connectivity index (χ3n) is 5.24. The van der Waals surface area contributed by atoms with Gasteiger partial charge >= 0.3 is 0 Å². The van der Waals surface area contributed by atoms with Crippen LogP contribution in [-0.4, -0.2) is 53.7 Å². The molecule has 1 aromatic heterocycles. The molecule has 0 spiro atoms. The lowest BCUT2D eigenvalue weighted by molar-refractivity contribution is 0.251. The van der Waals surface area contributed by atoms with Crippen LogP contribution in [0.1, 0.15) is 13.3 Å². The number of fused-ring (bicyclic) bond motifs is 2. The molecule has 26 heavy (non-hydrogen) atoms. The highest BCUT2D eigenvalue weighted by molar-refractivity contribution is 6.33. The van der Waals surface area contributed by atoms with Crippen molar-refractivity contribution in [3.8, 4) is 5.75 Å². The van der Waals surface area contributed by atoms with Gasteiger partial charge in [-0.15, -0.1) is 0 Å². The largest absolute Gasteiger partial charge is 0.494 e. The number of benzene rings is 1. The first kappa shape index (κ1) is 17.6. The summed E-state index contributed by atoms with van der Waals surface area (Å²) in [5.74, 6) is 1.19. The van der Waals surface area contributed by atoms with E-state index in [0.717, 1.165) is 31.1 Å². The first-order valence-electron chi connectivity index (χ1n) is 8.72. The van der Waals surface area contributed by atoms with Gasteiger partial charge in [-0.3, -0.25) is 4.90 Å². The standard InChI is InChI=1S/C18H21Cl2N5O/c1-3-24-9-13-6-12(24)10-25(13)11-4-5-15(16(7-11)26-2)22-17-14(19)8-21-18(20)23-17/h4-5,7-8,12-13H,3,6,9-10H2,1-2H3,(H,21,22,23). The number of hydrogen-bond acceptors (Lipinski definition) is 6. The molecule has 1 N–H and O–H groups in total. The molecule has 2 atom stereocenters. The molecule has 138 valence electrons. The Balaban J connectivity index is 1.57. The summed E-state index contributed by atoms with van der Waals surface area (Å²) in [6.07, 6.45) is 2.71. The van der Waals surface area contributed by atoms with Gasteiger partial charge in [0.1, 0.15) is 10.8 Å². The van der Waals surface area contributed by atoms with Crippen molar-refractivity contribution < 1.29 is 4.74 Å². The molecular formula is C18H21Cl2N5O. The maximum absolute atomic E-state index is 6.15. The Bertz CT molecular complexity index is 818. The summed E-state index contributed by atoms with van der Waals surface area (Å²) in [4.78, 5) is 13.0. The van der Waals surface area contributed by atoms with Crippen LogP contribution >= 0.6 is 23.2 Å². The third kappa shape index (κ3) is 3.17. The summed E-state index contributed by atoms with van der Waals surface area (Å²) in [5, 5.41) is 3.72. The van der Waals surface area contributed by atoms with E-state index in [1.165, 1.54) is 18.3 Å². The van der Waals surface area contributed by atoms with Crippen LogP contribution in [0.2, 0.25) is 10.3 Å². The lowest BCUT2D eigenvalue weighted by atomic mass is 10.2. The summed E-state index contributed by atoms with van der Waals surface area (Å²) < 4.78 is 5.59. The zero-order valence-electron chi connectivity index (χ0n) is 14.7. The Kier molecular flexibility index (Phi) is 4.82. The summed E-state index contributed by atoms with van der Waals surface area (Å²) in [7, 11) is 1.66. The molecule has 0 radical (unpaired) electrons. The Labute approximate surface area is 163 Å². The van der Waals surface area contributed by atoms with Gasteiger partial charge in [-0.2, -0.15) is 4.98 Å². The van der Waals surface area contributed by atoms with Crippen LogP contribution in [0.5, 0.6) is 5.75 Å². The second-order valence-electron chi connectivity index (χ2n) is 6.63. The maximum atomic E-state index is 6.15. The number of ether oxygens (including phenoxy) is 1. The van der Waals surface area contributed by atoms with Crippen molar-refractivity contribution in [2.75, 3.05) is 37.0 Å². The average Bonchev–Trinajstić information content (AvgIpc) is 3.25. The lowest BCUT2D eigenvalue weighted by Crippen LogP contribution is -2.46. The summed E-state index contributed by atoms with van der Waals surface area (Å²) >= 11 is 12.0. The fourth-order valence-electron chi connectivity index (χ4n) is 3.98. The normalized spacial score (nSPS) is 22.1. The number of anilines is 3. The van der Waals surface area contributed by atoms with Gasteiger partial charge in [0.2, 0.25) is 5.28 Å². The molecule has 8 heteroatoms. The summed E-state index contributed by atoms with van der Waals surface area (Å²) in [6, 6.07) is 7.41. The number of aromatic nitrogens is 2. The molecule has 2 bridgehead atoms. The molecule has 2 unspecified atom stereocenters. The highest BCUT2D eigenvalue weighted by Crippen LogP contribution is 2.38. The molecule has 0 aliphatic carbocycles. The van der Waals surface area contributed by atoms with Crippen molar-refractivity contribution >= 4 is 40.4 Å². The van der Waals surface area contributed by atoms with Crippen molar-refractivity contribution in [1.82, 2.24) is 14.9 Å². The summed E-state index contributed by atoms with van der Waals surface area (Å²) in [5.41, 5.74) is 1.97. The second-order valence-corrected chi connectivity index (χ2v) is 7.37. The number of piperazine rings is 1. The molecule has 2 aliphatic heterocycles. The van der Waals surface area contributed by atoms with Crippen LogP contribution in [0.3, 0.4) is 0 Å². The number of methoxy groups -OCH3 is 1. The monoisotopic (exact) mass is 393 g/mol. The number of nitrogens with zero attached hydrogens (tertiary/aromatic N) is 4. The molecule has 2 aliphatic rings. The Hall–Kier alpha value is -1.76. The summed E-state index contributed by atoms with van der Waals surface area (Å²) in [6.45, 7) is 5.57. The van der Waals surface area contributed by atoms with E-state index in [1.807, 2.05) is 6.07 Å². The minimum Gasteiger partial charge on any atom is -0.494 e. The predicted octanol–water partition coefficient (Wildman–Crippen LogP) is 3.82. The van der Waals surface area contributed by atoms with Gasteiger partial charge in [0.25, 0.3) is 0 Å². The number of likely N-dealkylation sites (N-methyl/N-ethyl adjacent to an activating group) is 1. The number of rotatable bonds is 5. The Morgan fingerprint density at radius 1 is 1.27 bits per heavy atom. The Morgan fingerprint density at radius 3 is 2.81 bits per heavy atom. The highest BCUT2D eigenvalue weighted by Gasteiger charge is 2.42. The number of hydrogen-bond donors (Lipinski definition) is 1. The van der Waals surface area contributed by atoms with Crippen LogP contribution in [-0.2, 0) is 0 Å². The van der Waals surface area contributed by atoms with Gasteiger partial charge in [0.15, 0.2) is 5.82 Å². The topological polar surface area (TPSA) is 53.5 Å². The van der Waals surface area contributed by atoms with Gasteiger partial charge < -0.3 is 15.0 Å². The quantitative estimate of drug-likeness (QED) is 0.779. The number of likely N-dealkylation sites (tertiary alicyclic amines) is 1. The van der Waals surface area contributed by atoms with Crippen molar-refractivity contribution in [3.05, 3.63) is 34.7 Å². The average molecular weight is 394 g/mol. The molecule has 0 amide bonds. The lowest BCUT2D eigenvalue weighted by Gasteiger charge is -2.35. The SMILES string of the molecule is CCN1CC2CC1CN2c1ccc(Nc2nc(Cl)ncc2Cl)c(OC)c1. The van der Waals surface area contributed by atoms with Gasteiger partial charge in [-0.1, -0.05) is 18.5 Å². The van der Waals surface area contributed by atoms with Crippen LogP contribution in [0.15, 0.2) is 24.4 Å². The van der Waals surface area contributed by atoms with Crippen LogP contribution in [0.4, 0.5) is 17.2 Å². The van der Waals surface area contributed by atoms with Crippen molar-refractivity contribution in [2.45, 2.75) is 25.4 Å². The minimum absolute atomic E-state index is 0.140. The molecule has 2 aromatic rings. The fourth-order valence-corrected chi connectivity index (χ4v) is 4.25. The van der Waals surface area contributed by atoms with Crippen molar-refractivity contribution in [1.29, 1.82) is 0 Å². The molecular weight excluding hydrogens is 373 g/mol. The van der Waals surface area contributed by atoms with Gasteiger partial charge in [0, 0.05) is 36.9 Å². The van der Waals surface area contributed by atoms with E-state index in [2.05, 4.69) is 44.1 Å².